The Balaban J connectivity index is 1.90. The number of nitrogens with zero attached hydrogens (tertiary/aromatic N) is 5. The molecule has 19 heavy (non-hydrogen) atoms. The van der Waals surface area contributed by atoms with Crippen LogP contribution in [0.15, 0.2) is 18.6 Å². The number of anilines is 1. The third-order valence-corrected chi connectivity index (χ3v) is 3.29. The monoisotopic (exact) mass is 279 g/mol. The Labute approximate surface area is 113 Å². The maximum atomic E-state index is 10.8. The zero-order chi connectivity index (χ0) is 13.4. The van der Waals surface area contributed by atoms with Crippen molar-refractivity contribution >= 4 is 23.4 Å². The fourth-order valence-corrected chi connectivity index (χ4v) is 2.31. The van der Waals surface area contributed by atoms with Crippen LogP contribution >= 0.6 is 11.6 Å². The first kappa shape index (κ1) is 11.9. The topological polar surface area (TPSA) is 84.1 Å². The van der Waals surface area contributed by atoms with E-state index in [1.165, 1.54) is 12.3 Å². The average molecular weight is 280 g/mol. The Bertz CT molecular complexity index is 642. The summed E-state index contributed by atoms with van der Waals surface area (Å²) < 4.78 is 1.97. The molecule has 0 radical (unpaired) electrons. The van der Waals surface area contributed by atoms with Crippen LogP contribution in [0.1, 0.15) is 16.2 Å². The van der Waals surface area contributed by atoms with Gasteiger partial charge in [-0.1, -0.05) is 11.6 Å². The Hall–Kier alpha value is -2.15. The lowest BCUT2D eigenvalue weighted by atomic mass is 10.2. The van der Waals surface area contributed by atoms with Crippen molar-refractivity contribution in [3.8, 4) is 0 Å². The highest BCUT2D eigenvalue weighted by Gasteiger charge is 2.21. The van der Waals surface area contributed by atoms with E-state index < -0.39 is 5.97 Å². The number of hydrogen-bond donors (Lipinski definition) is 1. The molecule has 2 aromatic heterocycles. The van der Waals surface area contributed by atoms with Gasteiger partial charge in [-0.3, -0.25) is 0 Å². The lowest BCUT2D eigenvalue weighted by Crippen LogP contribution is -2.34. The molecule has 0 bridgehead atoms. The van der Waals surface area contributed by atoms with Crippen LogP contribution in [-0.2, 0) is 13.1 Å². The number of carboxylic acid groups (broad SMARTS) is 1. The normalized spacial score (nSPS) is 14.3. The molecule has 1 aliphatic rings. The minimum atomic E-state index is -1.04. The number of fused-ring (bicyclic) bond motifs is 1. The van der Waals surface area contributed by atoms with Gasteiger partial charge in [0.25, 0.3) is 0 Å². The van der Waals surface area contributed by atoms with Gasteiger partial charge >= 0.3 is 5.97 Å². The Morgan fingerprint density at radius 2 is 2.26 bits per heavy atom. The number of aromatic nitrogens is 4. The van der Waals surface area contributed by atoms with Crippen LogP contribution in [0.2, 0.25) is 5.02 Å². The van der Waals surface area contributed by atoms with Crippen molar-refractivity contribution in [1.29, 1.82) is 0 Å². The molecule has 0 atom stereocenters. The highest BCUT2D eigenvalue weighted by molar-refractivity contribution is 6.33. The Morgan fingerprint density at radius 3 is 3.00 bits per heavy atom. The van der Waals surface area contributed by atoms with Gasteiger partial charge < -0.3 is 14.6 Å². The molecule has 8 heteroatoms. The third kappa shape index (κ3) is 2.12. The van der Waals surface area contributed by atoms with E-state index in [9.17, 15) is 4.79 Å². The van der Waals surface area contributed by atoms with Gasteiger partial charge in [-0.15, -0.1) is 10.2 Å². The second-order valence-corrected chi connectivity index (χ2v) is 4.60. The van der Waals surface area contributed by atoms with E-state index in [-0.39, 0.29) is 5.56 Å². The molecule has 1 N–H and O–H groups in total. The van der Waals surface area contributed by atoms with E-state index in [4.69, 9.17) is 16.7 Å². The number of carboxylic acids is 1. The summed E-state index contributed by atoms with van der Waals surface area (Å²) in [6, 6.07) is 1.41. The van der Waals surface area contributed by atoms with Gasteiger partial charge in [0.15, 0.2) is 5.82 Å². The second kappa shape index (κ2) is 4.51. The third-order valence-electron chi connectivity index (χ3n) is 3.01. The maximum Gasteiger partial charge on any atom is 0.337 e. The fourth-order valence-electron chi connectivity index (χ4n) is 2.03. The maximum absolute atomic E-state index is 10.8. The molecule has 0 saturated carbocycles. The van der Waals surface area contributed by atoms with Crippen molar-refractivity contribution in [2.45, 2.75) is 13.1 Å². The average Bonchev–Trinajstić information content (AvgIpc) is 2.85. The molecule has 0 amide bonds. The number of aromatic carboxylic acids is 1. The largest absolute Gasteiger partial charge is 0.478 e. The number of rotatable bonds is 2. The fraction of sp³-hybridized carbons (Fsp3) is 0.273. The van der Waals surface area contributed by atoms with Crippen molar-refractivity contribution in [3.63, 3.8) is 0 Å². The molecule has 0 saturated heterocycles. The molecule has 0 aromatic carbocycles. The van der Waals surface area contributed by atoms with Gasteiger partial charge in [0.1, 0.15) is 12.1 Å². The van der Waals surface area contributed by atoms with Crippen LogP contribution in [0.4, 0.5) is 5.82 Å². The van der Waals surface area contributed by atoms with Gasteiger partial charge in [0.05, 0.1) is 17.1 Å². The lowest BCUT2D eigenvalue weighted by molar-refractivity contribution is 0.0696. The standard InChI is InChI=1S/C11H10ClN5O2/c12-8-3-7(11(18)19)4-13-10(8)16-1-2-17-6-14-15-9(17)5-16/h3-4,6H,1-2,5H2,(H,18,19). The van der Waals surface area contributed by atoms with Crippen molar-refractivity contribution in [1.82, 2.24) is 19.7 Å². The van der Waals surface area contributed by atoms with Gasteiger partial charge in [-0.05, 0) is 6.07 Å². The lowest BCUT2D eigenvalue weighted by Gasteiger charge is -2.28. The van der Waals surface area contributed by atoms with Gasteiger partial charge in [-0.25, -0.2) is 9.78 Å². The van der Waals surface area contributed by atoms with E-state index >= 15 is 0 Å². The van der Waals surface area contributed by atoms with E-state index in [0.29, 0.717) is 17.4 Å². The van der Waals surface area contributed by atoms with Crippen LogP contribution in [0, 0.1) is 0 Å². The quantitative estimate of drug-likeness (QED) is 0.884. The van der Waals surface area contributed by atoms with E-state index in [2.05, 4.69) is 15.2 Å². The van der Waals surface area contributed by atoms with Crippen molar-refractivity contribution in [2.75, 3.05) is 11.4 Å². The van der Waals surface area contributed by atoms with Crippen LogP contribution in [0.25, 0.3) is 0 Å². The highest BCUT2D eigenvalue weighted by atomic mass is 35.5. The predicted octanol–water partition coefficient (Wildman–Crippen LogP) is 1.04. The van der Waals surface area contributed by atoms with Gasteiger partial charge in [-0.2, -0.15) is 0 Å². The molecule has 7 nitrogen and oxygen atoms in total. The number of pyridine rings is 1. The molecule has 0 spiro atoms. The summed E-state index contributed by atoms with van der Waals surface area (Å²) >= 11 is 6.10. The molecule has 3 rings (SSSR count). The van der Waals surface area contributed by atoms with Gasteiger partial charge in [0, 0.05) is 19.3 Å². The number of halogens is 1. The van der Waals surface area contributed by atoms with Gasteiger partial charge in [0.2, 0.25) is 0 Å². The summed E-state index contributed by atoms with van der Waals surface area (Å²) in [7, 11) is 0. The molecule has 0 fully saturated rings. The molecule has 3 heterocycles. The zero-order valence-corrected chi connectivity index (χ0v) is 10.6. The predicted molar refractivity (Wildman–Crippen MR) is 67.3 cm³/mol. The van der Waals surface area contributed by atoms with E-state index in [1.54, 1.807) is 6.33 Å². The summed E-state index contributed by atoms with van der Waals surface area (Å²) in [4.78, 5) is 16.9. The Morgan fingerprint density at radius 1 is 1.42 bits per heavy atom. The van der Waals surface area contributed by atoms with Crippen LogP contribution < -0.4 is 4.90 Å². The first-order valence-electron chi connectivity index (χ1n) is 5.65. The van der Waals surface area contributed by atoms with E-state index in [0.717, 1.165) is 18.9 Å². The minimum absolute atomic E-state index is 0.0777. The second-order valence-electron chi connectivity index (χ2n) is 4.20. The zero-order valence-electron chi connectivity index (χ0n) is 9.82. The van der Waals surface area contributed by atoms with Crippen molar-refractivity contribution in [3.05, 3.63) is 35.0 Å². The summed E-state index contributed by atoms with van der Waals surface area (Å²) in [6.07, 6.45) is 3.00. The summed E-state index contributed by atoms with van der Waals surface area (Å²) in [5.41, 5.74) is 0.0777. The van der Waals surface area contributed by atoms with Crippen LogP contribution in [0.3, 0.4) is 0 Å². The summed E-state index contributed by atoms with van der Waals surface area (Å²) in [5, 5.41) is 17.1. The first-order chi connectivity index (χ1) is 9.15. The minimum Gasteiger partial charge on any atom is -0.478 e. The molecule has 2 aromatic rings. The molecule has 98 valence electrons. The molecule has 0 unspecified atom stereocenters. The number of carbonyl (C=O) groups is 1. The SMILES string of the molecule is O=C(O)c1cnc(N2CCn3cnnc3C2)c(Cl)c1. The van der Waals surface area contributed by atoms with Crippen molar-refractivity contribution < 1.29 is 9.90 Å². The summed E-state index contributed by atoms with van der Waals surface area (Å²) in [6.45, 7) is 2.03. The van der Waals surface area contributed by atoms with Crippen LogP contribution in [-0.4, -0.2) is 37.4 Å². The van der Waals surface area contributed by atoms with E-state index in [1.807, 2.05) is 9.47 Å². The first-order valence-corrected chi connectivity index (χ1v) is 6.03. The molecule has 0 aliphatic carbocycles. The highest BCUT2D eigenvalue weighted by Crippen LogP contribution is 2.26. The number of hydrogen-bond acceptors (Lipinski definition) is 5. The smallest absolute Gasteiger partial charge is 0.337 e. The Kier molecular flexibility index (Phi) is 2.83. The van der Waals surface area contributed by atoms with Crippen LogP contribution in [0.5, 0.6) is 0 Å². The summed E-state index contributed by atoms with van der Waals surface area (Å²) in [5.74, 6) is 0.367. The van der Waals surface area contributed by atoms with Crippen molar-refractivity contribution in [2.24, 2.45) is 0 Å². The molecule has 1 aliphatic heterocycles. The molecular weight excluding hydrogens is 270 g/mol. The molecular formula is C11H10ClN5O2.